The lowest BCUT2D eigenvalue weighted by Crippen LogP contribution is -2.60. The van der Waals surface area contributed by atoms with Crippen molar-refractivity contribution in [3.05, 3.63) is 71.5 Å². The highest BCUT2D eigenvalue weighted by atomic mass is 16.5. The number of nitrogens with zero attached hydrogens (tertiary/aromatic N) is 5. The number of rotatable bonds is 17. The number of carbonyl (C=O) groups excluding carboxylic acids is 4. The number of morpholine rings is 1. The van der Waals surface area contributed by atoms with Gasteiger partial charge in [0.2, 0.25) is 11.8 Å². The maximum atomic E-state index is 14.5. The number of aromatic hydroxyl groups is 1. The third-order valence-electron chi connectivity index (χ3n) is 13.8. The summed E-state index contributed by atoms with van der Waals surface area (Å²) in [4.78, 5) is 63.7. The Balaban J connectivity index is 0.00000386. The van der Waals surface area contributed by atoms with Crippen LogP contribution in [0.3, 0.4) is 0 Å². The van der Waals surface area contributed by atoms with Crippen LogP contribution in [0, 0.1) is 17.3 Å². The summed E-state index contributed by atoms with van der Waals surface area (Å²) in [5, 5.41) is 17.1. The highest BCUT2D eigenvalue weighted by Crippen LogP contribution is 2.42. The van der Waals surface area contributed by atoms with E-state index in [-0.39, 0.29) is 60.5 Å². The maximum Gasteiger partial charge on any atom is 0.302 e. The molecule has 5 unspecified atom stereocenters. The number of ether oxygens (including phenoxy) is 3. The Bertz CT molecular complexity index is 2430. The van der Waals surface area contributed by atoms with Crippen LogP contribution in [-0.2, 0) is 52.8 Å². The minimum absolute atomic E-state index is 0.0159. The number of phenols is 1. The first-order valence-electron chi connectivity index (χ1n) is 25.0. The van der Waals surface area contributed by atoms with E-state index in [1.54, 1.807) is 42.4 Å². The molecule has 376 valence electrons. The highest BCUT2D eigenvalue weighted by molar-refractivity contribution is 5.96. The number of amides is 3. The first kappa shape index (κ1) is 53.0. The van der Waals surface area contributed by atoms with Crippen molar-refractivity contribution in [3.63, 3.8) is 0 Å². The quantitative estimate of drug-likeness (QED) is 0.0908. The number of nitrogens with one attached hydrogen (secondary N) is 2. The van der Waals surface area contributed by atoms with Crippen LogP contribution in [0.2, 0.25) is 0 Å². The molecule has 0 saturated carbocycles. The van der Waals surface area contributed by atoms with E-state index in [1.807, 2.05) is 52.8 Å². The number of pyridine rings is 1. The number of benzene rings is 2. The van der Waals surface area contributed by atoms with E-state index >= 15 is 0 Å². The van der Waals surface area contributed by atoms with Crippen LogP contribution in [0.4, 0.5) is 0 Å². The van der Waals surface area contributed by atoms with Gasteiger partial charge in [-0.05, 0) is 111 Å². The van der Waals surface area contributed by atoms with Gasteiger partial charge < -0.3 is 34.1 Å². The molecule has 2 aromatic carbocycles. The predicted molar refractivity (Wildman–Crippen MR) is 269 cm³/mol. The second kappa shape index (κ2) is 23.5. The van der Waals surface area contributed by atoms with Gasteiger partial charge in [0.25, 0.3) is 5.91 Å². The van der Waals surface area contributed by atoms with Crippen molar-refractivity contribution in [3.8, 4) is 28.1 Å². The third kappa shape index (κ3) is 12.2. The van der Waals surface area contributed by atoms with Gasteiger partial charge in [0.1, 0.15) is 17.8 Å². The number of aromatic nitrogens is 2. The zero-order valence-corrected chi connectivity index (χ0v) is 42.9. The Labute approximate surface area is 409 Å². The predicted octanol–water partition coefficient (Wildman–Crippen LogP) is 7.32. The van der Waals surface area contributed by atoms with Crippen molar-refractivity contribution in [1.82, 2.24) is 35.1 Å². The van der Waals surface area contributed by atoms with E-state index < -0.39 is 23.4 Å². The zero-order chi connectivity index (χ0) is 50.2. The number of hydrogen-bond donors (Lipinski definition) is 3. The average Bonchev–Trinajstić information content (AvgIpc) is 3.91. The first-order chi connectivity index (χ1) is 33.0. The Morgan fingerprint density at radius 2 is 1.80 bits per heavy atom. The topological polar surface area (TPSA) is 168 Å². The number of methoxy groups -OCH3 is 1. The van der Waals surface area contributed by atoms with E-state index in [4.69, 9.17) is 19.2 Å². The number of hydrogen-bond acceptors (Lipinski definition) is 11. The van der Waals surface area contributed by atoms with Gasteiger partial charge in [-0.15, -0.1) is 0 Å². The monoisotopic (exact) mass is 952 g/mol. The van der Waals surface area contributed by atoms with Gasteiger partial charge in [0.15, 0.2) is 0 Å². The number of likely N-dealkylation sites (N-methyl/N-ethyl adjacent to an activating group) is 1. The van der Waals surface area contributed by atoms with Gasteiger partial charge >= 0.3 is 5.97 Å². The molecule has 3 saturated heterocycles. The van der Waals surface area contributed by atoms with Gasteiger partial charge in [-0.25, -0.2) is 5.43 Å². The highest BCUT2D eigenvalue weighted by Gasteiger charge is 2.44. The fourth-order valence-electron chi connectivity index (χ4n) is 10.4. The number of carbonyl (C=O) groups is 4. The fraction of sp³-hybridized carbons (Fsp3) is 0.574. The van der Waals surface area contributed by atoms with Gasteiger partial charge in [-0.2, -0.15) is 0 Å². The molecule has 0 spiro atoms. The summed E-state index contributed by atoms with van der Waals surface area (Å²) in [6, 6.07) is 13.8. The molecular weight excluding hydrogens is 875 g/mol. The van der Waals surface area contributed by atoms with Crippen molar-refractivity contribution in [2.24, 2.45) is 17.3 Å². The lowest BCUT2D eigenvalue weighted by atomic mass is 9.84. The Morgan fingerprint density at radius 3 is 2.48 bits per heavy atom. The van der Waals surface area contributed by atoms with E-state index in [2.05, 4.69) is 59.2 Å². The summed E-state index contributed by atoms with van der Waals surface area (Å²) < 4.78 is 19.4. The molecule has 0 aliphatic carbocycles. The van der Waals surface area contributed by atoms with E-state index in [0.29, 0.717) is 51.3 Å². The molecule has 5 heterocycles. The molecule has 3 fully saturated rings. The van der Waals surface area contributed by atoms with Crippen molar-refractivity contribution in [1.29, 1.82) is 0 Å². The molecule has 15 nitrogen and oxygen atoms in total. The second-order valence-electron chi connectivity index (χ2n) is 19.7. The molecule has 7 rings (SSSR count). The Morgan fingerprint density at radius 1 is 1.03 bits per heavy atom. The molecule has 2 aromatic heterocycles. The standard InChI is InChI=1S/C52H71N7O8.C2H6/c1-10-58-44-16-15-36(28-41(44)42(29-52(6,7)31-67-34(5)60)48(58)40-14-13-18-53-46(40)33(4)65-9)37-24-35(25-38(61)27-37)26-43(51(64)59-20-12-11-19-54-59)55-49(62)47(32(2)3)56(8)50(63)39-17-21-57-22-23-66-30-45(39)57;1-2/h13-16,18,24-25,27-28,32-33,39,43,45,47,54,61H,10-12,17,19-23,26,29-31H2,1-9H3,(H,55,62);1-2H3. The smallest absolute Gasteiger partial charge is 0.302 e. The number of aryl methyl sites for hydroxylation is 1. The van der Waals surface area contributed by atoms with E-state index in [0.717, 1.165) is 70.5 Å². The van der Waals surface area contributed by atoms with Gasteiger partial charge in [-0.1, -0.05) is 53.7 Å². The molecular formula is C54H77N7O8. The molecule has 3 amide bonds. The molecule has 0 radical (unpaired) electrons. The molecule has 4 aromatic rings. The zero-order valence-electron chi connectivity index (χ0n) is 42.9. The molecule has 3 aliphatic rings. The van der Waals surface area contributed by atoms with Crippen LogP contribution < -0.4 is 10.7 Å². The largest absolute Gasteiger partial charge is 0.508 e. The summed E-state index contributed by atoms with van der Waals surface area (Å²) in [5.41, 5.74) is 9.87. The van der Waals surface area contributed by atoms with Crippen LogP contribution >= 0.6 is 0 Å². The SMILES string of the molecule is CC.CCn1c(-c2cccnc2C(C)OC)c(CC(C)(C)COC(C)=O)c2cc(-c3cc(O)cc(CC(NC(=O)C(C(C)C)N(C)C(=O)C4CCN5CCOCC45)C(=O)N4CCCCN4)c3)ccc21. The molecule has 69 heavy (non-hydrogen) atoms. The summed E-state index contributed by atoms with van der Waals surface area (Å²) >= 11 is 0. The van der Waals surface area contributed by atoms with Gasteiger partial charge in [0.05, 0.1) is 43.2 Å². The summed E-state index contributed by atoms with van der Waals surface area (Å²) in [6.45, 7) is 22.3. The van der Waals surface area contributed by atoms with Crippen LogP contribution in [0.1, 0.15) is 105 Å². The summed E-state index contributed by atoms with van der Waals surface area (Å²) in [5.74, 6) is -1.61. The molecule has 3 N–H and O–H groups in total. The van der Waals surface area contributed by atoms with Crippen molar-refractivity contribution in [2.75, 3.05) is 60.2 Å². The van der Waals surface area contributed by atoms with E-state index in [1.165, 1.54) is 6.92 Å². The summed E-state index contributed by atoms with van der Waals surface area (Å²) in [7, 11) is 3.37. The minimum atomic E-state index is -0.996. The minimum Gasteiger partial charge on any atom is -0.508 e. The Hall–Kier alpha value is -5.35. The summed E-state index contributed by atoms with van der Waals surface area (Å²) in [6.07, 6.45) is 4.63. The third-order valence-corrected chi connectivity index (χ3v) is 13.8. The number of phenolic OH excluding ortho intramolecular Hbond substituents is 1. The molecule has 0 bridgehead atoms. The van der Waals surface area contributed by atoms with Crippen LogP contribution in [0.5, 0.6) is 5.75 Å². The maximum absolute atomic E-state index is 14.5. The van der Waals surface area contributed by atoms with Crippen LogP contribution in [0.25, 0.3) is 33.3 Å². The molecule has 5 atom stereocenters. The van der Waals surface area contributed by atoms with Crippen LogP contribution in [0.15, 0.2) is 54.7 Å². The number of fused-ring (bicyclic) bond motifs is 2. The lowest BCUT2D eigenvalue weighted by Gasteiger charge is -2.37. The average molecular weight is 952 g/mol. The van der Waals surface area contributed by atoms with Gasteiger partial charge in [0, 0.05) is 87.8 Å². The van der Waals surface area contributed by atoms with Gasteiger partial charge in [-0.3, -0.25) is 34.1 Å². The number of hydrazine groups is 1. The lowest BCUT2D eigenvalue weighted by molar-refractivity contribution is -0.147. The van der Waals surface area contributed by atoms with Crippen LogP contribution in [-0.4, -0.2) is 131 Å². The van der Waals surface area contributed by atoms with Crippen molar-refractivity contribution in [2.45, 2.75) is 125 Å². The Kier molecular flexibility index (Phi) is 18.1. The normalized spacial score (nSPS) is 18.8. The fourth-order valence-corrected chi connectivity index (χ4v) is 10.4. The first-order valence-corrected chi connectivity index (χ1v) is 25.0. The molecule has 3 aliphatic heterocycles. The second-order valence-corrected chi connectivity index (χ2v) is 19.7. The van der Waals surface area contributed by atoms with Crippen molar-refractivity contribution < 1.29 is 38.5 Å². The van der Waals surface area contributed by atoms with E-state index in [9.17, 15) is 24.3 Å². The molecule has 15 heteroatoms. The van der Waals surface area contributed by atoms with Crippen molar-refractivity contribution >= 4 is 34.6 Å². The number of esters is 1.